The molecule has 0 unspecified atom stereocenters. The summed E-state index contributed by atoms with van der Waals surface area (Å²) in [5.41, 5.74) is 5.34. The summed E-state index contributed by atoms with van der Waals surface area (Å²) in [6, 6.07) is 17.7. The van der Waals surface area contributed by atoms with E-state index in [1.54, 1.807) is 32.5 Å². The van der Waals surface area contributed by atoms with Gasteiger partial charge in [0, 0.05) is 25.4 Å². The van der Waals surface area contributed by atoms with Crippen LogP contribution in [-0.4, -0.2) is 44.8 Å². The van der Waals surface area contributed by atoms with Gasteiger partial charge in [-0.1, -0.05) is 42.5 Å². The van der Waals surface area contributed by atoms with Crippen molar-refractivity contribution >= 4 is 39.7 Å². The number of imidazole rings is 1. The highest BCUT2D eigenvalue weighted by Crippen LogP contribution is 2.21. The Labute approximate surface area is 202 Å². The Morgan fingerprint density at radius 3 is 2.12 bits per heavy atom. The first-order chi connectivity index (χ1) is 15.3. The Bertz CT molecular complexity index is 1380. The van der Waals surface area contributed by atoms with Crippen LogP contribution in [0.5, 0.6) is 0 Å². The minimum absolute atomic E-state index is 0. The van der Waals surface area contributed by atoms with Crippen LogP contribution in [-0.2, 0) is 13.1 Å². The van der Waals surface area contributed by atoms with Crippen LogP contribution >= 0.6 is 17.0 Å². The number of aromatic nitrogens is 3. The van der Waals surface area contributed by atoms with Crippen LogP contribution in [0.1, 0.15) is 37.7 Å². The van der Waals surface area contributed by atoms with E-state index in [4.69, 9.17) is 5.41 Å². The molecular formula is C25H28BrN5O2. The van der Waals surface area contributed by atoms with Crippen molar-refractivity contribution in [3.05, 3.63) is 88.3 Å². The number of aromatic amines is 1. The summed E-state index contributed by atoms with van der Waals surface area (Å²) in [5.74, 6) is -0.298. The molecule has 0 saturated heterocycles. The van der Waals surface area contributed by atoms with Crippen molar-refractivity contribution in [2.75, 3.05) is 14.1 Å². The number of aryl methyl sites for hydroxylation is 1. The zero-order valence-electron chi connectivity index (χ0n) is 19.2. The summed E-state index contributed by atoms with van der Waals surface area (Å²) in [5, 5.41) is 8.82. The number of nitrogens with zero attached hydrogens (tertiary/aromatic N) is 3. The molecule has 2 aromatic heterocycles. The molecule has 2 aromatic carbocycles. The molecule has 0 aliphatic carbocycles. The number of hydrogen-bond donors (Lipinski definition) is 2. The topological polar surface area (TPSA) is 86.9 Å². The standard InChI is InChI=1S/C25H27N5O2.BrH/c1-16-22(17(2)27-23(16)24(32)28(3)4)21(31)15-30-20-13-9-8-12-19(20)29(25(30)26)14-18-10-6-5-7-11-18;/h5-13,26-27H,14-15H2,1-4H3;1H. The molecule has 7 nitrogen and oxygen atoms in total. The molecule has 4 rings (SSSR count). The third kappa shape index (κ3) is 4.43. The number of rotatable bonds is 6. The Hall–Kier alpha value is -3.39. The highest BCUT2D eigenvalue weighted by molar-refractivity contribution is 8.93. The number of para-hydroxylation sites is 2. The van der Waals surface area contributed by atoms with Gasteiger partial charge >= 0.3 is 0 Å². The maximum absolute atomic E-state index is 13.4. The van der Waals surface area contributed by atoms with E-state index in [1.807, 2.05) is 59.2 Å². The first-order valence-corrected chi connectivity index (χ1v) is 10.5. The average molecular weight is 510 g/mol. The number of ketones is 1. The first kappa shape index (κ1) is 24.3. The summed E-state index contributed by atoms with van der Waals surface area (Å²) in [4.78, 5) is 30.4. The highest BCUT2D eigenvalue weighted by atomic mass is 79.9. The highest BCUT2D eigenvalue weighted by Gasteiger charge is 2.24. The molecule has 0 atom stereocenters. The van der Waals surface area contributed by atoms with Crippen LogP contribution in [0.4, 0.5) is 0 Å². The van der Waals surface area contributed by atoms with Gasteiger partial charge in [-0.2, -0.15) is 0 Å². The van der Waals surface area contributed by atoms with Crippen molar-refractivity contribution in [1.82, 2.24) is 19.0 Å². The minimum atomic E-state index is -0.169. The fourth-order valence-corrected chi connectivity index (χ4v) is 4.21. The van der Waals surface area contributed by atoms with Gasteiger partial charge in [-0.15, -0.1) is 17.0 Å². The van der Waals surface area contributed by atoms with Crippen molar-refractivity contribution in [2.24, 2.45) is 0 Å². The van der Waals surface area contributed by atoms with Crippen LogP contribution in [0.15, 0.2) is 54.6 Å². The fraction of sp³-hybridized carbons (Fsp3) is 0.240. The van der Waals surface area contributed by atoms with Crippen LogP contribution in [0, 0.1) is 19.3 Å². The van der Waals surface area contributed by atoms with Gasteiger partial charge in [0.25, 0.3) is 5.91 Å². The van der Waals surface area contributed by atoms with Crippen LogP contribution in [0.3, 0.4) is 0 Å². The number of Topliss-reactive ketones (excluding diaryl/α,β-unsaturated/α-hetero) is 1. The molecule has 8 heteroatoms. The Morgan fingerprint density at radius 2 is 1.52 bits per heavy atom. The second-order valence-corrected chi connectivity index (χ2v) is 8.22. The smallest absolute Gasteiger partial charge is 0.270 e. The Balaban J connectivity index is 0.00000306. The number of amides is 1. The molecule has 0 radical (unpaired) electrons. The van der Waals surface area contributed by atoms with E-state index in [1.165, 1.54) is 4.90 Å². The lowest BCUT2D eigenvalue weighted by Gasteiger charge is -2.09. The Kier molecular flexibility index (Phi) is 7.07. The predicted molar refractivity (Wildman–Crippen MR) is 134 cm³/mol. The lowest BCUT2D eigenvalue weighted by molar-refractivity contribution is 0.0821. The van der Waals surface area contributed by atoms with Crippen molar-refractivity contribution in [2.45, 2.75) is 26.9 Å². The molecule has 1 amide bonds. The SMILES string of the molecule is Br.Cc1[nH]c(C(=O)N(C)C)c(C)c1C(=O)Cn1c(=N)n(Cc2ccccc2)c2ccccc21. The van der Waals surface area contributed by atoms with E-state index in [0.29, 0.717) is 29.1 Å². The number of nitrogens with one attached hydrogen (secondary N) is 2. The third-order valence-electron chi connectivity index (χ3n) is 5.80. The lowest BCUT2D eigenvalue weighted by Crippen LogP contribution is -2.28. The number of halogens is 1. The van der Waals surface area contributed by atoms with Gasteiger partial charge in [0.05, 0.1) is 24.1 Å². The van der Waals surface area contributed by atoms with Crippen molar-refractivity contribution in [1.29, 1.82) is 5.41 Å². The summed E-state index contributed by atoms with van der Waals surface area (Å²) >= 11 is 0. The van der Waals surface area contributed by atoms with Crippen LogP contribution in [0.2, 0.25) is 0 Å². The Morgan fingerprint density at radius 1 is 0.939 bits per heavy atom. The second kappa shape index (κ2) is 9.62. The third-order valence-corrected chi connectivity index (χ3v) is 5.80. The maximum atomic E-state index is 13.4. The zero-order valence-corrected chi connectivity index (χ0v) is 20.9. The minimum Gasteiger partial charge on any atom is -0.354 e. The number of hydrogen-bond acceptors (Lipinski definition) is 3. The summed E-state index contributed by atoms with van der Waals surface area (Å²) in [6.45, 7) is 4.16. The molecule has 0 fully saturated rings. The molecule has 0 saturated carbocycles. The lowest BCUT2D eigenvalue weighted by atomic mass is 10.1. The fourth-order valence-electron chi connectivity index (χ4n) is 4.21. The second-order valence-electron chi connectivity index (χ2n) is 8.22. The van der Waals surface area contributed by atoms with Crippen LogP contribution < -0.4 is 5.62 Å². The van der Waals surface area contributed by atoms with E-state index in [2.05, 4.69) is 4.98 Å². The van der Waals surface area contributed by atoms with Crippen molar-refractivity contribution in [3.8, 4) is 0 Å². The first-order valence-electron chi connectivity index (χ1n) is 10.5. The maximum Gasteiger partial charge on any atom is 0.270 e. The molecule has 172 valence electrons. The monoisotopic (exact) mass is 509 g/mol. The van der Waals surface area contributed by atoms with E-state index in [-0.39, 0.29) is 40.8 Å². The summed E-state index contributed by atoms with van der Waals surface area (Å²) in [7, 11) is 3.37. The van der Waals surface area contributed by atoms with Crippen LogP contribution in [0.25, 0.3) is 11.0 Å². The molecule has 4 aromatic rings. The van der Waals surface area contributed by atoms with E-state index < -0.39 is 0 Å². The average Bonchev–Trinajstić information content (AvgIpc) is 3.22. The number of carbonyl (C=O) groups excluding carboxylic acids is 2. The van der Waals surface area contributed by atoms with Crippen molar-refractivity contribution in [3.63, 3.8) is 0 Å². The van der Waals surface area contributed by atoms with Gasteiger partial charge in [-0.25, -0.2) is 0 Å². The van der Waals surface area contributed by atoms with Gasteiger partial charge in [-0.3, -0.25) is 15.0 Å². The molecule has 33 heavy (non-hydrogen) atoms. The van der Waals surface area contributed by atoms with Gasteiger partial charge < -0.3 is 19.0 Å². The number of fused-ring (bicyclic) bond motifs is 1. The molecule has 0 aliphatic rings. The summed E-state index contributed by atoms with van der Waals surface area (Å²) in [6.07, 6.45) is 0. The molecule has 2 N–H and O–H groups in total. The molecule has 0 bridgehead atoms. The van der Waals surface area contributed by atoms with Gasteiger partial charge in [0.15, 0.2) is 5.78 Å². The van der Waals surface area contributed by atoms with E-state index in [9.17, 15) is 9.59 Å². The van der Waals surface area contributed by atoms with E-state index in [0.717, 1.165) is 16.6 Å². The normalized spacial score (nSPS) is 10.8. The molecular weight excluding hydrogens is 482 g/mol. The molecule has 0 aliphatic heterocycles. The van der Waals surface area contributed by atoms with Gasteiger partial charge in [0.2, 0.25) is 5.62 Å². The molecule has 0 spiro atoms. The quantitative estimate of drug-likeness (QED) is 0.383. The predicted octanol–water partition coefficient (Wildman–Crippen LogP) is 4.08. The summed E-state index contributed by atoms with van der Waals surface area (Å²) < 4.78 is 3.65. The number of carbonyl (C=O) groups is 2. The number of benzene rings is 2. The van der Waals surface area contributed by atoms with E-state index >= 15 is 0 Å². The number of H-pyrrole nitrogens is 1. The largest absolute Gasteiger partial charge is 0.354 e. The van der Waals surface area contributed by atoms with Gasteiger partial charge in [0.1, 0.15) is 5.69 Å². The van der Waals surface area contributed by atoms with Gasteiger partial charge in [-0.05, 0) is 37.1 Å². The molecule has 2 heterocycles. The van der Waals surface area contributed by atoms with Crippen molar-refractivity contribution < 1.29 is 9.59 Å². The zero-order chi connectivity index (χ0) is 23.0.